The maximum absolute atomic E-state index is 14.9. The Bertz CT molecular complexity index is 1540. The summed E-state index contributed by atoms with van der Waals surface area (Å²) in [7, 11) is 0. The van der Waals surface area contributed by atoms with Crippen LogP contribution in [0.1, 0.15) is 55.7 Å². The molecule has 0 saturated carbocycles. The van der Waals surface area contributed by atoms with Gasteiger partial charge in [-0.25, -0.2) is 13.6 Å². The van der Waals surface area contributed by atoms with Gasteiger partial charge >= 0.3 is 30.7 Å². The van der Waals surface area contributed by atoms with Crippen LogP contribution >= 0.6 is 0 Å². The van der Waals surface area contributed by atoms with Crippen molar-refractivity contribution < 1.29 is 63.3 Å². The maximum atomic E-state index is 14.9. The van der Waals surface area contributed by atoms with E-state index >= 15 is 0 Å². The Kier molecular flexibility index (Phi) is 14.2. The number of nitrogens with one attached hydrogen (secondary N) is 2. The number of alkyl halides is 7. The molecule has 0 aliphatic rings. The van der Waals surface area contributed by atoms with Gasteiger partial charge in [0.15, 0.2) is 0 Å². The van der Waals surface area contributed by atoms with E-state index in [4.69, 9.17) is 9.47 Å². The molecule has 50 heavy (non-hydrogen) atoms. The first-order valence-corrected chi connectivity index (χ1v) is 15.4. The third-order valence-electron chi connectivity index (χ3n) is 7.23. The fraction of sp³-hybridized carbons (Fsp3) is 0.412. The minimum atomic E-state index is -5.06. The molecule has 2 N–H and O–H groups in total. The lowest BCUT2D eigenvalue weighted by atomic mass is 9.77. The molecule has 0 aliphatic heterocycles. The van der Waals surface area contributed by atoms with Crippen LogP contribution in [0.2, 0.25) is 0 Å². The fourth-order valence-corrected chi connectivity index (χ4v) is 4.94. The Labute approximate surface area is 282 Å². The van der Waals surface area contributed by atoms with Crippen molar-refractivity contribution >= 4 is 12.0 Å². The lowest BCUT2D eigenvalue weighted by Gasteiger charge is -2.37. The highest BCUT2D eigenvalue weighted by atomic mass is 19.4. The van der Waals surface area contributed by atoms with Gasteiger partial charge in [0.05, 0.1) is 18.8 Å². The Morgan fingerprint density at radius 2 is 1.44 bits per heavy atom. The maximum Gasteiger partial charge on any atom is 0.461 e. The van der Waals surface area contributed by atoms with Gasteiger partial charge < -0.3 is 24.8 Å². The second kappa shape index (κ2) is 17.9. The van der Waals surface area contributed by atoms with Gasteiger partial charge in [-0.15, -0.1) is 0 Å². The molecular weight excluding hydrogens is 687 g/mol. The number of urea groups is 1. The third kappa shape index (κ3) is 12.4. The zero-order chi connectivity index (χ0) is 37.0. The summed E-state index contributed by atoms with van der Waals surface area (Å²) >= 11 is 0. The number of rotatable bonds is 18. The Balaban J connectivity index is 1.94. The molecule has 3 aromatic rings. The van der Waals surface area contributed by atoms with Crippen LogP contribution in [0.5, 0.6) is 11.5 Å². The van der Waals surface area contributed by atoms with E-state index in [-0.39, 0.29) is 11.5 Å². The molecular formula is C34H35F9N2O5. The van der Waals surface area contributed by atoms with Crippen molar-refractivity contribution in [2.24, 2.45) is 0 Å². The predicted octanol–water partition coefficient (Wildman–Crippen LogP) is 8.44. The first-order chi connectivity index (χ1) is 23.5. The molecule has 0 radical (unpaired) electrons. The number of halogens is 9. The van der Waals surface area contributed by atoms with Crippen molar-refractivity contribution in [2.45, 2.75) is 69.7 Å². The number of benzene rings is 3. The van der Waals surface area contributed by atoms with Crippen molar-refractivity contribution in [1.29, 1.82) is 0 Å². The molecule has 0 bridgehead atoms. The molecule has 0 heterocycles. The van der Waals surface area contributed by atoms with E-state index in [1.165, 1.54) is 12.1 Å². The number of hydrogen-bond acceptors (Lipinski definition) is 5. The standard InChI is InChI=1S/C34H35F9N2O5/c1-2-48-29(46)7-5-3-4-6-16-49-27-14-8-22(9-15-27)20-32(23-10-12-25(35)13-11-23,45-31(47)44-21-33(39,40)41)24-17-26(36)19-28(18-24)50-34(42,43)30(37)38/h8-15,17-19,30H,2-7,16,20-21H2,1H3,(H2,44,45,47). The summed E-state index contributed by atoms with van der Waals surface area (Å²) in [5, 5.41) is 3.96. The first-order valence-electron chi connectivity index (χ1n) is 15.4. The average Bonchev–Trinajstić information content (AvgIpc) is 3.03. The Morgan fingerprint density at radius 3 is 2.06 bits per heavy atom. The predicted molar refractivity (Wildman–Crippen MR) is 163 cm³/mol. The molecule has 0 aliphatic carbocycles. The van der Waals surface area contributed by atoms with Gasteiger partial charge in [-0.05, 0) is 72.9 Å². The van der Waals surface area contributed by atoms with Crippen LogP contribution in [-0.4, -0.2) is 50.5 Å². The summed E-state index contributed by atoms with van der Waals surface area (Å²) in [5.41, 5.74) is -2.21. The molecule has 0 aromatic heterocycles. The second-order valence-corrected chi connectivity index (χ2v) is 11.1. The van der Waals surface area contributed by atoms with Crippen LogP contribution < -0.4 is 20.1 Å². The quantitative estimate of drug-likeness (QED) is 0.0783. The smallest absolute Gasteiger partial charge is 0.461 e. The number of ether oxygens (including phenoxy) is 3. The molecule has 1 atom stereocenters. The van der Waals surface area contributed by atoms with Crippen molar-refractivity contribution in [2.75, 3.05) is 19.8 Å². The minimum Gasteiger partial charge on any atom is -0.494 e. The number of carbonyl (C=O) groups excluding carboxylic acids is 2. The van der Waals surface area contributed by atoms with Crippen LogP contribution in [0.4, 0.5) is 44.3 Å². The van der Waals surface area contributed by atoms with Gasteiger partial charge in [0, 0.05) is 18.9 Å². The number of carbonyl (C=O) groups is 2. The number of hydrogen-bond donors (Lipinski definition) is 2. The number of esters is 1. The van der Waals surface area contributed by atoms with Crippen LogP contribution in [-0.2, 0) is 21.5 Å². The summed E-state index contributed by atoms with van der Waals surface area (Å²) < 4.78 is 136. The highest BCUT2D eigenvalue weighted by Gasteiger charge is 2.45. The van der Waals surface area contributed by atoms with Crippen LogP contribution in [0.3, 0.4) is 0 Å². The van der Waals surface area contributed by atoms with E-state index in [1.54, 1.807) is 24.4 Å². The van der Waals surface area contributed by atoms with Gasteiger partial charge in [0.25, 0.3) is 0 Å². The van der Waals surface area contributed by atoms with Gasteiger partial charge in [-0.2, -0.15) is 30.7 Å². The molecule has 3 aromatic carbocycles. The molecule has 0 fully saturated rings. The topological polar surface area (TPSA) is 85.9 Å². The highest BCUT2D eigenvalue weighted by Crippen LogP contribution is 2.38. The molecule has 0 spiro atoms. The molecule has 16 heteroatoms. The first kappa shape index (κ1) is 39.8. The Hall–Kier alpha value is -4.63. The molecule has 2 amide bonds. The van der Waals surface area contributed by atoms with Gasteiger partial charge in [-0.3, -0.25) is 4.79 Å². The molecule has 1 unspecified atom stereocenters. The second-order valence-electron chi connectivity index (χ2n) is 11.1. The van der Waals surface area contributed by atoms with E-state index < -0.39 is 66.2 Å². The third-order valence-corrected chi connectivity index (χ3v) is 7.23. The van der Waals surface area contributed by atoms with Gasteiger partial charge in [-0.1, -0.05) is 37.1 Å². The SMILES string of the molecule is CCOC(=O)CCCCCCOc1ccc(CC(NC(=O)NCC(F)(F)F)(c2ccc(F)cc2)c2cc(F)cc(OC(F)(F)C(F)F)c2)cc1. The summed E-state index contributed by atoms with van der Waals surface area (Å²) in [4.78, 5) is 24.4. The van der Waals surface area contributed by atoms with Crippen molar-refractivity contribution in [3.8, 4) is 11.5 Å². The van der Waals surface area contributed by atoms with E-state index in [1.807, 2.05) is 0 Å². The number of amides is 2. The van der Waals surface area contributed by atoms with Gasteiger partial charge in [0.1, 0.15) is 29.7 Å². The monoisotopic (exact) mass is 722 g/mol. The van der Waals surface area contributed by atoms with E-state index in [0.29, 0.717) is 49.9 Å². The van der Waals surface area contributed by atoms with Crippen molar-refractivity contribution in [3.05, 3.63) is 95.1 Å². The zero-order valence-electron chi connectivity index (χ0n) is 26.7. The van der Waals surface area contributed by atoms with Crippen LogP contribution in [0.15, 0.2) is 66.7 Å². The van der Waals surface area contributed by atoms with Crippen LogP contribution in [0.25, 0.3) is 0 Å². The zero-order valence-corrected chi connectivity index (χ0v) is 26.7. The molecule has 7 nitrogen and oxygen atoms in total. The van der Waals surface area contributed by atoms with Crippen molar-refractivity contribution in [1.82, 2.24) is 10.6 Å². The average molecular weight is 723 g/mol. The van der Waals surface area contributed by atoms with E-state index in [0.717, 1.165) is 49.2 Å². The summed E-state index contributed by atoms with van der Waals surface area (Å²) in [6.45, 7) is 0.589. The number of unbranched alkanes of at least 4 members (excludes halogenated alkanes) is 3. The normalized spacial score (nSPS) is 13.0. The minimum absolute atomic E-state index is 0.0403. The summed E-state index contributed by atoms with van der Waals surface area (Å²) in [5.74, 6) is -2.97. The summed E-state index contributed by atoms with van der Waals surface area (Å²) in [6.07, 6.45) is -11.4. The van der Waals surface area contributed by atoms with E-state index in [9.17, 15) is 49.1 Å². The van der Waals surface area contributed by atoms with Gasteiger partial charge in [0.2, 0.25) is 0 Å². The van der Waals surface area contributed by atoms with Crippen LogP contribution in [0, 0.1) is 11.6 Å². The van der Waals surface area contributed by atoms with E-state index in [2.05, 4.69) is 10.1 Å². The lowest BCUT2D eigenvalue weighted by Crippen LogP contribution is -2.53. The lowest BCUT2D eigenvalue weighted by molar-refractivity contribution is -0.253. The van der Waals surface area contributed by atoms with Crippen molar-refractivity contribution in [3.63, 3.8) is 0 Å². The largest absolute Gasteiger partial charge is 0.494 e. The molecule has 0 saturated heterocycles. The highest BCUT2D eigenvalue weighted by molar-refractivity contribution is 5.76. The fourth-order valence-electron chi connectivity index (χ4n) is 4.94. The Morgan fingerprint density at radius 1 is 0.780 bits per heavy atom. The molecule has 3 rings (SSSR count). The molecule has 274 valence electrons. The summed E-state index contributed by atoms with van der Waals surface area (Å²) in [6, 6.07) is 10.7.